The van der Waals surface area contributed by atoms with Crippen LogP contribution in [0.15, 0.2) is 6.20 Å². The molecule has 110 valence electrons. The smallest absolute Gasteiger partial charge is 0.241 e. The van der Waals surface area contributed by atoms with Gasteiger partial charge in [-0.1, -0.05) is 11.6 Å². The van der Waals surface area contributed by atoms with Gasteiger partial charge in [0.25, 0.3) is 0 Å². The fraction of sp³-hybridized carbons (Fsp3) is 0.714. The molecule has 2 unspecified atom stereocenters. The number of halogens is 1. The van der Waals surface area contributed by atoms with Crippen molar-refractivity contribution < 1.29 is 4.79 Å². The maximum absolute atomic E-state index is 12.1. The number of nitrogens with zero attached hydrogens (tertiary/aromatic N) is 3. The van der Waals surface area contributed by atoms with Crippen LogP contribution in [0, 0.1) is 6.92 Å². The maximum atomic E-state index is 12.1. The van der Waals surface area contributed by atoms with Crippen LogP contribution in [0.5, 0.6) is 0 Å². The van der Waals surface area contributed by atoms with Crippen molar-refractivity contribution in [1.29, 1.82) is 0 Å². The van der Waals surface area contributed by atoms with Crippen molar-refractivity contribution in [3.8, 4) is 0 Å². The molecule has 1 aromatic heterocycles. The molecule has 0 radical (unpaired) electrons. The first kappa shape index (κ1) is 13.9. The summed E-state index contributed by atoms with van der Waals surface area (Å²) >= 11 is 5.95. The van der Waals surface area contributed by atoms with Crippen molar-refractivity contribution in [1.82, 2.24) is 20.0 Å². The van der Waals surface area contributed by atoms with Gasteiger partial charge in [0.15, 0.2) is 0 Å². The van der Waals surface area contributed by atoms with E-state index in [0.29, 0.717) is 23.1 Å². The summed E-state index contributed by atoms with van der Waals surface area (Å²) in [6.45, 7) is 2.08. The van der Waals surface area contributed by atoms with Crippen LogP contribution in [0.1, 0.15) is 31.4 Å². The summed E-state index contributed by atoms with van der Waals surface area (Å²) in [7, 11) is 2.20. The van der Waals surface area contributed by atoms with Gasteiger partial charge < -0.3 is 10.2 Å². The zero-order valence-corrected chi connectivity index (χ0v) is 12.7. The van der Waals surface area contributed by atoms with E-state index in [1.807, 2.05) is 6.92 Å². The van der Waals surface area contributed by atoms with Gasteiger partial charge in [-0.25, -0.2) is 0 Å². The zero-order chi connectivity index (χ0) is 14.3. The molecule has 2 fully saturated rings. The molecule has 1 amide bonds. The topological polar surface area (TPSA) is 50.2 Å². The predicted molar refractivity (Wildman–Crippen MR) is 77.7 cm³/mol. The van der Waals surface area contributed by atoms with E-state index in [1.165, 1.54) is 12.8 Å². The Balaban J connectivity index is 1.54. The largest absolute Gasteiger partial charge is 0.352 e. The van der Waals surface area contributed by atoms with Crippen LogP contribution in [-0.4, -0.2) is 45.8 Å². The Kier molecular flexibility index (Phi) is 3.73. The lowest BCUT2D eigenvalue weighted by Crippen LogP contribution is -2.49. The third-order valence-corrected chi connectivity index (χ3v) is 5.03. The van der Waals surface area contributed by atoms with Gasteiger partial charge >= 0.3 is 0 Å². The van der Waals surface area contributed by atoms with Gasteiger partial charge in [0.2, 0.25) is 5.91 Å². The minimum Gasteiger partial charge on any atom is -0.352 e. The Hall–Kier alpha value is -1.07. The van der Waals surface area contributed by atoms with Crippen LogP contribution in [0.3, 0.4) is 0 Å². The average molecular weight is 297 g/mol. The number of nitrogens with one attached hydrogen (secondary N) is 1. The Labute approximate surface area is 124 Å². The fourth-order valence-corrected chi connectivity index (χ4v) is 3.67. The van der Waals surface area contributed by atoms with Crippen molar-refractivity contribution in [2.75, 3.05) is 7.05 Å². The zero-order valence-electron chi connectivity index (χ0n) is 12.0. The third-order valence-electron chi connectivity index (χ3n) is 4.66. The number of hydrogen-bond acceptors (Lipinski definition) is 3. The summed E-state index contributed by atoms with van der Waals surface area (Å²) in [5.74, 6) is 0.0260. The van der Waals surface area contributed by atoms with Crippen molar-refractivity contribution in [3.63, 3.8) is 0 Å². The highest BCUT2D eigenvalue weighted by Gasteiger charge is 2.38. The summed E-state index contributed by atoms with van der Waals surface area (Å²) in [6.07, 6.45) is 6.37. The van der Waals surface area contributed by atoms with Gasteiger partial charge in [-0.2, -0.15) is 5.10 Å². The number of aromatic nitrogens is 2. The maximum Gasteiger partial charge on any atom is 0.241 e. The van der Waals surface area contributed by atoms with E-state index >= 15 is 0 Å². The Morgan fingerprint density at radius 2 is 2.10 bits per heavy atom. The van der Waals surface area contributed by atoms with E-state index in [-0.39, 0.29) is 12.5 Å². The minimum atomic E-state index is 0.0260. The van der Waals surface area contributed by atoms with Crippen LogP contribution in [-0.2, 0) is 11.3 Å². The van der Waals surface area contributed by atoms with Gasteiger partial charge in [0.1, 0.15) is 6.54 Å². The molecule has 2 aliphatic rings. The molecule has 5 nitrogen and oxygen atoms in total. The molecule has 2 saturated heterocycles. The molecule has 0 aromatic carbocycles. The van der Waals surface area contributed by atoms with Crippen LogP contribution < -0.4 is 5.32 Å². The highest BCUT2D eigenvalue weighted by molar-refractivity contribution is 6.31. The number of hydrogen-bond donors (Lipinski definition) is 1. The highest BCUT2D eigenvalue weighted by Crippen LogP contribution is 2.34. The first-order valence-electron chi connectivity index (χ1n) is 7.24. The van der Waals surface area contributed by atoms with E-state index in [1.54, 1.807) is 10.9 Å². The molecule has 3 rings (SSSR count). The van der Waals surface area contributed by atoms with Gasteiger partial charge in [-0.15, -0.1) is 0 Å². The Morgan fingerprint density at radius 3 is 2.65 bits per heavy atom. The number of carbonyl (C=O) groups excluding carboxylic acids is 1. The second kappa shape index (κ2) is 5.37. The van der Waals surface area contributed by atoms with Gasteiger partial charge in [-0.05, 0) is 39.7 Å². The summed E-state index contributed by atoms with van der Waals surface area (Å²) in [4.78, 5) is 14.6. The molecule has 1 N–H and O–H groups in total. The van der Waals surface area contributed by atoms with Gasteiger partial charge in [0, 0.05) is 24.3 Å². The molecule has 0 saturated carbocycles. The lowest BCUT2D eigenvalue weighted by atomic mass is 9.98. The first-order chi connectivity index (χ1) is 9.52. The van der Waals surface area contributed by atoms with E-state index in [4.69, 9.17) is 11.6 Å². The standard InChI is InChI=1S/C14H21ClN4O/c1-9-13(15)7-19(17-9)8-14(20)16-10-5-11-3-4-12(6-10)18(11)2/h7,10-12H,3-6,8H2,1-2H3,(H,16,20). The lowest BCUT2D eigenvalue weighted by Gasteiger charge is -2.36. The summed E-state index contributed by atoms with van der Waals surface area (Å²) in [6, 6.07) is 1.59. The normalized spacial score (nSPS) is 29.6. The van der Waals surface area contributed by atoms with Crippen LogP contribution >= 0.6 is 11.6 Å². The third kappa shape index (κ3) is 2.69. The van der Waals surface area contributed by atoms with E-state index < -0.39 is 0 Å². The Bertz CT molecular complexity index is 482. The molecule has 6 heteroatoms. The molecule has 0 aliphatic carbocycles. The van der Waals surface area contributed by atoms with Crippen molar-refractivity contribution in [2.24, 2.45) is 0 Å². The number of piperidine rings is 1. The number of aryl methyl sites for hydroxylation is 1. The highest BCUT2D eigenvalue weighted by atomic mass is 35.5. The summed E-state index contributed by atoms with van der Waals surface area (Å²) < 4.78 is 1.61. The number of rotatable bonds is 3. The molecule has 20 heavy (non-hydrogen) atoms. The van der Waals surface area contributed by atoms with Gasteiger partial charge in [0.05, 0.1) is 10.7 Å². The Morgan fingerprint density at radius 1 is 1.45 bits per heavy atom. The molecule has 1 aromatic rings. The summed E-state index contributed by atoms with van der Waals surface area (Å²) in [5, 5.41) is 7.97. The molecule has 0 spiro atoms. The van der Waals surface area contributed by atoms with Crippen LogP contribution in [0.25, 0.3) is 0 Å². The quantitative estimate of drug-likeness (QED) is 0.921. The molecule has 2 bridgehead atoms. The fourth-order valence-electron chi connectivity index (χ4n) is 3.52. The monoisotopic (exact) mass is 296 g/mol. The summed E-state index contributed by atoms with van der Waals surface area (Å²) in [5.41, 5.74) is 0.761. The number of fused-ring (bicyclic) bond motifs is 2. The van der Waals surface area contributed by atoms with Gasteiger partial charge in [-0.3, -0.25) is 9.48 Å². The SMILES string of the molecule is Cc1nn(CC(=O)NC2CC3CCC(C2)N3C)cc1Cl. The second-order valence-electron chi connectivity index (χ2n) is 6.05. The average Bonchev–Trinajstić information content (AvgIpc) is 2.78. The first-order valence-corrected chi connectivity index (χ1v) is 7.61. The van der Waals surface area contributed by atoms with E-state index in [0.717, 1.165) is 18.5 Å². The second-order valence-corrected chi connectivity index (χ2v) is 6.45. The molecule has 2 aliphatic heterocycles. The molecule has 3 heterocycles. The molecular formula is C14H21ClN4O. The van der Waals surface area contributed by atoms with Crippen molar-refractivity contribution in [2.45, 2.75) is 57.3 Å². The number of amides is 1. The molecule has 2 atom stereocenters. The molecular weight excluding hydrogens is 276 g/mol. The van der Waals surface area contributed by atoms with Crippen molar-refractivity contribution in [3.05, 3.63) is 16.9 Å². The van der Waals surface area contributed by atoms with E-state index in [9.17, 15) is 4.79 Å². The van der Waals surface area contributed by atoms with Crippen LogP contribution in [0.2, 0.25) is 5.02 Å². The van der Waals surface area contributed by atoms with E-state index in [2.05, 4.69) is 22.4 Å². The number of carbonyl (C=O) groups is 1. The van der Waals surface area contributed by atoms with Crippen LogP contribution in [0.4, 0.5) is 0 Å². The van der Waals surface area contributed by atoms with Crippen molar-refractivity contribution >= 4 is 17.5 Å². The lowest BCUT2D eigenvalue weighted by molar-refractivity contribution is -0.123. The predicted octanol–water partition coefficient (Wildman–Crippen LogP) is 1.59. The minimum absolute atomic E-state index is 0.0260.